The van der Waals surface area contributed by atoms with Crippen LogP contribution in [0.4, 0.5) is 8.78 Å². The Morgan fingerprint density at radius 3 is 2.63 bits per heavy atom. The predicted molar refractivity (Wildman–Crippen MR) is 61.1 cm³/mol. The lowest BCUT2D eigenvalue weighted by atomic mass is 10.2. The number of nitrogens with two attached hydrogens (primary N) is 1. The number of carbonyl (C=O) groups is 1. The number of hydrogen-bond acceptors (Lipinski definition) is 4. The van der Waals surface area contributed by atoms with E-state index in [1.165, 1.54) is 18.4 Å². The Morgan fingerprint density at radius 2 is 2.00 bits per heavy atom. The SMILES string of the molecule is NNC(=O)c1occc1COc1c(F)cccc1F. The normalized spacial score (nSPS) is 10.3. The molecule has 2 aromatic rings. The van der Waals surface area contributed by atoms with Crippen molar-refractivity contribution in [2.24, 2.45) is 5.84 Å². The molecule has 100 valence electrons. The van der Waals surface area contributed by atoms with Crippen LogP contribution in [-0.4, -0.2) is 5.91 Å². The zero-order valence-electron chi connectivity index (χ0n) is 9.65. The van der Waals surface area contributed by atoms with Crippen molar-refractivity contribution in [2.45, 2.75) is 6.61 Å². The number of amides is 1. The van der Waals surface area contributed by atoms with Gasteiger partial charge in [0.2, 0.25) is 0 Å². The molecule has 2 rings (SSSR count). The molecular formula is C12H10F2N2O3. The van der Waals surface area contributed by atoms with Crippen LogP contribution in [0.3, 0.4) is 0 Å². The first-order valence-corrected chi connectivity index (χ1v) is 5.27. The van der Waals surface area contributed by atoms with Gasteiger partial charge in [0, 0.05) is 5.56 Å². The van der Waals surface area contributed by atoms with Crippen molar-refractivity contribution in [3.05, 3.63) is 53.5 Å². The first-order valence-electron chi connectivity index (χ1n) is 5.27. The van der Waals surface area contributed by atoms with Crippen LogP contribution in [0.2, 0.25) is 0 Å². The summed E-state index contributed by atoms with van der Waals surface area (Å²) in [5.74, 6) is 2.08. The van der Waals surface area contributed by atoms with Gasteiger partial charge < -0.3 is 9.15 Å². The summed E-state index contributed by atoms with van der Waals surface area (Å²) < 4.78 is 36.6. The van der Waals surface area contributed by atoms with E-state index in [4.69, 9.17) is 15.0 Å². The third-order valence-corrected chi connectivity index (χ3v) is 2.38. The second-order valence-electron chi connectivity index (χ2n) is 3.59. The number of benzene rings is 1. The van der Waals surface area contributed by atoms with Crippen LogP contribution in [0, 0.1) is 11.6 Å². The largest absolute Gasteiger partial charge is 0.483 e. The average molecular weight is 268 g/mol. The molecule has 1 amide bonds. The lowest BCUT2D eigenvalue weighted by Gasteiger charge is -2.07. The molecule has 5 nitrogen and oxygen atoms in total. The molecule has 0 saturated carbocycles. The summed E-state index contributed by atoms with van der Waals surface area (Å²) in [5, 5.41) is 0. The van der Waals surface area contributed by atoms with Crippen LogP contribution >= 0.6 is 0 Å². The Bertz CT molecular complexity index is 578. The van der Waals surface area contributed by atoms with E-state index < -0.39 is 23.3 Å². The highest BCUT2D eigenvalue weighted by Gasteiger charge is 2.16. The van der Waals surface area contributed by atoms with Gasteiger partial charge in [-0.2, -0.15) is 0 Å². The number of carbonyl (C=O) groups excluding carboxylic acids is 1. The lowest BCUT2D eigenvalue weighted by molar-refractivity contribution is 0.0922. The maximum atomic E-state index is 13.3. The van der Waals surface area contributed by atoms with Gasteiger partial charge in [0.25, 0.3) is 0 Å². The Morgan fingerprint density at radius 1 is 1.32 bits per heavy atom. The number of ether oxygens (including phenoxy) is 1. The van der Waals surface area contributed by atoms with E-state index in [0.29, 0.717) is 5.56 Å². The minimum Gasteiger partial charge on any atom is -0.483 e. The number of nitrogen functional groups attached to an aromatic ring is 1. The van der Waals surface area contributed by atoms with Crippen molar-refractivity contribution in [3.8, 4) is 5.75 Å². The number of hydrogen-bond donors (Lipinski definition) is 2. The summed E-state index contributed by atoms with van der Waals surface area (Å²) in [5.41, 5.74) is 2.22. The summed E-state index contributed by atoms with van der Waals surface area (Å²) in [4.78, 5) is 11.3. The van der Waals surface area contributed by atoms with E-state index in [1.807, 2.05) is 5.43 Å². The molecule has 19 heavy (non-hydrogen) atoms. The molecule has 0 saturated heterocycles. The Labute approximate surface area is 106 Å². The van der Waals surface area contributed by atoms with E-state index in [0.717, 1.165) is 12.1 Å². The van der Waals surface area contributed by atoms with Gasteiger partial charge in [0.15, 0.2) is 23.1 Å². The van der Waals surface area contributed by atoms with E-state index >= 15 is 0 Å². The second kappa shape index (κ2) is 5.49. The molecule has 1 heterocycles. The van der Waals surface area contributed by atoms with Gasteiger partial charge >= 0.3 is 5.91 Å². The van der Waals surface area contributed by atoms with Gasteiger partial charge in [-0.3, -0.25) is 10.2 Å². The molecule has 3 N–H and O–H groups in total. The summed E-state index contributed by atoms with van der Waals surface area (Å²) in [7, 11) is 0. The molecule has 0 aliphatic heterocycles. The van der Waals surface area contributed by atoms with Gasteiger partial charge in [-0.15, -0.1) is 0 Å². The van der Waals surface area contributed by atoms with Crippen molar-refractivity contribution >= 4 is 5.91 Å². The number of para-hydroxylation sites is 1. The molecule has 0 atom stereocenters. The van der Waals surface area contributed by atoms with Crippen LogP contribution in [0.15, 0.2) is 34.9 Å². The van der Waals surface area contributed by atoms with Crippen molar-refractivity contribution < 1.29 is 22.7 Å². The fourth-order valence-electron chi connectivity index (χ4n) is 1.48. The molecular weight excluding hydrogens is 258 g/mol. The van der Waals surface area contributed by atoms with Gasteiger partial charge in [0.1, 0.15) is 6.61 Å². The van der Waals surface area contributed by atoms with Crippen LogP contribution in [0.1, 0.15) is 16.1 Å². The first-order chi connectivity index (χ1) is 9.13. The van der Waals surface area contributed by atoms with Crippen molar-refractivity contribution in [1.82, 2.24) is 5.43 Å². The fraction of sp³-hybridized carbons (Fsp3) is 0.0833. The van der Waals surface area contributed by atoms with Crippen LogP contribution in [-0.2, 0) is 6.61 Å². The summed E-state index contributed by atoms with van der Waals surface area (Å²) in [6.07, 6.45) is 1.25. The van der Waals surface area contributed by atoms with Crippen LogP contribution in [0.25, 0.3) is 0 Å². The highest BCUT2D eigenvalue weighted by molar-refractivity contribution is 5.92. The van der Waals surface area contributed by atoms with E-state index in [9.17, 15) is 13.6 Å². The molecule has 1 aromatic heterocycles. The maximum Gasteiger partial charge on any atom is 0.301 e. The quantitative estimate of drug-likeness (QED) is 0.503. The number of rotatable bonds is 4. The minimum atomic E-state index is -0.826. The highest BCUT2D eigenvalue weighted by atomic mass is 19.1. The molecule has 1 aromatic carbocycles. The Kier molecular flexibility index (Phi) is 3.76. The van der Waals surface area contributed by atoms with Crippen molar-refractivity contribution in [1.29, 1.82) is 0 Å². The van der Waals surface area contributed by atoms with Crippen LogP contribution in [0.5, 0.6) is 5.75 Å². The molecule has 0 aliphatic rings. The van der Waals surface area contributed by atoms with Crippen molar-refractivity contribution in [2.75, 3.05) is 0 Å². The maximum absolute atomic E-state index is 13.3. The standard InChI is InChI=1S/C12H10F2N2O3/c13-8-2-1-3-9(14)11(8)19-6-7-4-5-18-10(7)12(17)16-15/h1-5H,6,15H2,(H,16,17). The van der Waals surface area contributed by atoms with E-state index in [-0.39, 0.29) is 12.4 Å². The fourth-order valence-corrected chi connectivity index (χ4v) is 1.48. The smallest absolute Gasteiger partial charge is 0.301 e. The first kappa shape index (κ1) is 13.0. The predicted octanol–water partition coefficient (Wildman–Crippen LogP) is 1.74. The lowest BCUT2D eigenvalue weighted by Crippen LogP contribution is -2.30. The third-order valence-electron chi connectivity index (χ3n) is 2.38. The third kappa shape index (κ3) is 2.71. The van der Waals surface area contributed by atoms with Crippen LogP contribution < -0.4 is 16.0 Å². The van der Waals surface area contributed by atoms with E-state index in [2.05, 4.69) is 0 Å². The average Bonchev–Trinajstić information content (AvgIpc) is 2.85. The number of nitrogens with one attached hydrogen (secondary N) is 1. The Balaban J connectivity index is 2.15. The highest BCUT2D eigenvalue weighted by Crippen LogP contribution is 2.22. The van der Waals surface area contributed by atoms with E-state index in [1.54, 1.807) is 0 Å². The van der Waals surface area contributed by atoms with Gasteiger partial charge in [-0.05, 0) is 18.2 Å². The number of hydrazine groups is 1. The van der Waals surface area contributed by atoms with Gasteiger partial charge in [-0.25, -0.2) is 14.6 Å². The zero-order valence-corrected chi connectivity index (χ0v) is 9.65. The number of halogens is 2. The Hall–Kier alpha value is -2.41. The minimum absolute atomic E-state index is 0.0701. The summed E-state index contributed by atoms with van der Waals surface area (Å²) >= 11 is 0. The van der Waals surface area contributed by atoms with Gasteiger partial charge in [-0.1, -0.05) is 6.07 Å². The summed E-state index contributed by atoms with van der Waals surface area (Å²) in [6.45, 7) is -0.225. The number of furan rings is 1. The van der Waals surface area contributed by atoms with Crippen molar-refractivity contribution in [3.63, 3.8) is 0 Å². The van der Waals surface area contributed by atoms with Gasteiger partial charge in [0.05, 0.1) is 6.26 Å². The monoisotopic (exact) mass is 268 g/mol. The molecule has 0 radical (unpaired) electrons. The molecule has 0 fully saturated rings. The molecule has 0 spiro atoms. The summed E-state index contributed by atoms with van der Waals surface area (Å²) in [6, 6.07) is 4.81. The molecule has 0 unspecified atom stereocenters. The second-order valence-corrected chi connectivity index (χ2v) is 3.59. The molecule has 0 aliphatic carbocycles. The molecule has 7 heteroatoms. The zero-order chi connectivity index (χ0) is 13.8. The topological polar surface area (TPSA) is 77.5 Å². The molecule has 0 bridgehead atoms.